The van der Waals surface area contributed by atoms with E-state index in [0.29, 0.717) is 0 Å². The van der Waals surface area contributed by atoms with E-state index in [1.807, 2.05) is 6.20 Å². The minimum Gasteiger partial charge on any atom is -0.335 e. The summed E-state index contributed by atoms with van der Waals surface area (Å²) < 4.78 is 2.39. The van der Waals surface area contributed by atoms with Crippen molar-refractivity contribution in [3.8, 4) is 0 Å². The van der Waals surface area contributed by atoms with Gasteiger partial charge in [0.1, 0.15) is 5.82 Å². The number of rotatable bonds is 4. The van der Waals surface area contributed by atoms with Gasteiger partial charge in [-0.2, -0.15) is 0 Å². The zero-order valence-electron chi connectivity index (χ0n) is 11.7. The Hall–Kier alpha value is -0.830. The van der Waals surface area contributed by atoms with Gasteiger partial charge in [-0.05, 0) is 68.7 Å². The van der Waals surface area contributed by atoms with E-state index < -0.39 is 0 Å². The Kier molecular flexibility index (Phi) is 2.91. The molecule has 4 bridgehead atoms. The van der Waals surface area contributed by atoms with Crippen molar-refractivity contribution in [3.05, 3.63) is 18.2 Å². The topological polar surface area (TPSA) is 43.8 Å². The molecule has 0 atom stereocenters. The van der Waals surface area contributed by atoms with E-state index in [0.717, 1.165) is 49.1 Å². The molecule has 0 unspecified atom stereocenters. The van der Waals surface area contributed by atoms with Crippen LogP contribution in [0.2, 0.25) is 0 Å². The molecule has 2 N–H and O–H groups in total. The molecule has 0 radical (unpaired) electrons. The van der Waals surface area contributed by atoms with Gasteiger partial charge in [-0.3, -0.25) is 0 Å². The predicted octanol–water partition coefficient (Wildman–Crippen LogP) is 2.77. The van der Waals surface area contributed by atoms with Crippen molar-refractivity contribution in [3.63, 3.8) is 0 Å². The second-order valence-electron chi connectivity index (χ2n) is 7.08. The first-order chi connectivity index (χ1) is 9.35. The van der Waals surface area contributed by atoms with Crippen molar-refractivity contribution in [1.29, 1.82) is 0 Å². The van der Waals surface area contributed by atoms with Crippen molar-refractivity contribution in [2.75, 3.05) is 6.54 Å². The first-order valence-electron chi connectivity index (χ1n) is 8.06. The van der Waals surface area contributed by atoms with Crippen LogP contribution in [-0.4, -0.2) is 16.1 Å². The fourth-order valence-corrected chi connectivity index (χ4v) is 5.42. The maximum atomic E-state index is 5.66. The summed E-state index contributed by atoms with van der Waals surface area (Å²) >= 11 is 0. The van der Waals surface area contributed by atoms with Gasteiger partial charge in [0.15, 0.2) is 0 Å². The molecule has 4 aliphatic carbocycles. The van der Waals surface area contributed by atoms with Crippen LogP contribution < -0.4 is 5.73 Å². The highest BCUT2D eigenvalue weighted by Gasteiger charge is 2.49. The molecular weight excluding hydrogens is 234 g/mol. The van der Waals surface area contributed by atoms with E-state index in [4.69, 9.17) is 10.7 Å². The van der Waals surface area contributed by atoms with Gasteiger partial charge >= 0.3 is 0 Å². The molecular formula is C16H25N3. The van der Waals surface area contributed by atoms with E-state index in [2.05, 4.69) is 10.8 Å². The molecule has 19 heavy (non-hydrogen) atoms. The predicted molar refractivity (Wildman–Crippen MR) is 75.7 cm³/mol. The van der Waals surface area contributed by atoms with Crippen molar-refractivity contribution in [2.24, 2.45) is 29.4 Å². The molecule has 1 heterocycles. The van der Waals surface area contributed by atoms with Crippen LogP contribution in [0.4, 0.5) is 0 Å². The maximum absolute atomic E-state index is 5.66. The highest BCUT2D eigenvalue weighted by Crippen LogP contribution is 2.59. The van der Waals surface area contributed by atoms with Gasteiger partial charge in [0.25, 0.3) is 0 Å². The Balaban J connectivity index is 1.60. The van der Waals surface area contributed by atoms with E-state index >= 15 is 0 Å². The minimum atomic E-state index is 0.751. The summed E-state index contributed by atoms with van der Waals surface area (Å²) in [5, 5.41) is 0. The van der Waals surface area contributed by atoms with Gasteiger partial charge in [0.05, 0.1) is 0 Å². The summed E-state index contributed by atoms with van der Waals surface area (Å²) in [6, 6.07) is 0. The second kappa shape index (κ2) is 4.62. The van der Waals surface area contributed by atoms with Gasteiger partial charge in [0, 0.05) is 24.9 Å². The van der Waals surface area contributed by atoms with Crippen molar-refractivity contribution in [2.45, 2.75) is 51.0 Å². The minimum absolute atomic E-state index is 0.751. The lowest BCUT2D eigenvalue weighted by atomic mass is 9.51. The van der Waals surface area contributed by atoms with Crippen LogP contribution in [-0.2, 0) is 6.54 Å². The number of aromatic nitrogens is 2. The second-order valence-corrected chi connectivity index (χ2v) is 7.08. The lowest BCUT2D eigenvalue weighted by Gasteiger charge is -2.54. The summed E-state index contributed by atoms with van der Waals surface area (Å²) in [7, 11) is 0. The van der Waals surface area contributed by atoms with E-state index in [9.17, 15) is 0 Å². The molecule has 0 amide bonds. The molecule has 3 heteroatoms. The number of nitrogens with zero attached hydrogens (tertiary/aromatic N) is 2. The number of hydrogen-bond donors (Lipinski definition) is 1. The molecule has 1 aromatic rings. The SMILES string of the molecule is NCCCn1ccnc1C1C2CC3CC(C2)CC1C3. The Labute approximate surface area is 115 Å². The maximum Gasteiger partial charge on any atom is 0.112 e. The van der Waals surface area contributed by atoms with Gasteiger partial charge in [-0.15, -0.1) is 0 Å². The summed E-state index contributed by atoms with van der Waals surface area (Å²) in [5.74, 6) is 6.07. The Morgan fingerprint density at radius 2 is 1.79 bits per heavy atom. The Morgan fingerprint density at radius 1 is 1.11 bits per heavy atom. The summed E-state index contributed by atoms with van der Waals surface area (Å²) in [6.07, 6.45) is 12.6. The fraction of sp³-hybridized carbons (Fsp3) is 0.812. The number of aryl methyl sites for hydroxylation is 1. The average molecular weight is 259 g/mol. The first kappa shape index (κ1) is 12.0. The molecule has 3 nitrogen and oxygen atoms in total. The highest BCUT2D eigenvalue weighted by atomic mass is 15.1. The van der Waals surface area contributed by atoms with Crippen LogP contribution in [0.15, 0.2) is 12.4 Å². The molecule has 4 saturated carbocycles. The number of imidazole rings is 1. The molecule has 0 saturated heterocycles. The van der Waals surface area contributed by atoms with Crippen LogP contribution >= 0.6 is 0 Å². The standard InChI is InChI=1S/C16H25N3/c17-2-1-4-19-5-3-18-16(19)15-13-7-11-6-12(9-13)10-14(15)8-11/h3,5,11-15H,1-2,4,6-10,17H2. The molecule has 4 fully saturated rings. The van der Waals surface area contributed by atoms with Crippen molar-refractivity contribution < 1.29 is 0 Å². The summed E-state index contributed by atoms with van der Waals surface area (Å²) in [4.78, 5) is 4.74. The molecule has 0 spiro atoms. The van der Waals surface area contributed by atoms with Crippen LogP contribution in [0.1, 0.15) is 50.3 Å². The van der Waals surface area contributed by atoms with Crippen LogP contribution in [0.5, 0.6) is 0 Å². The zero-order chi connectivity index (χ0) is 12.8. The zero-order valence-corrected chi connectivity index (χ0v) is 11.7. The normalized spacial score (nSPS) is 39.9. The Bertz CT molecular complexity index is 423. The lowest BCUT2D eigenvalue weighted by molar-refractivity contribution is -0.00677. The van der Waals surface area contributed by atoms with Crippen LogP contribution in [0.3, 0.4) is 0 Å². The Morgan fingerprint density at radius 3 is 2.42 bits per heavy atom. The summed E-state index contributed by atoms with van der Waals surface area (Å²) in [6.45, 7) is 1.83. The number of nitrogens with two attached hydrogens (primary N) is 1. The summed E-state index contributed by atoms with van der Waals surface area (Å²) in [5.41, 5.74) is 5.66. The fourth-order valence-electron chi connectivity index (χ4n) is 5.42. The molecule has 0 aromatic carbocycles. The first-order valence-corrected chi connectivity index (χ1v) is 8.06. The molecule has 104 valence electrons. The molecule has 1 aromatic heterocycles. The molecule has 5 rings (SSSR count). The van der Waals surface area contributed by atoms with E-state index in [1.165, 1.54) is 37.9 Å². The van der Waals surface area contributed by atoms with E-state index in [1.54, 1.807) is 0 Å². The highest BCUT2D eigenvalue weighted by molar-refractivity contribution is 5.12. The average Bonchev–Trinajstić information content (AvgIpc) is 2.83. The smallest absolute Gasteiger partial charge is 0.112 e. The van der Waals surface area contributed by atoms with Crippen molar-refractivity contribution >= 4 is 0 Å². The third-order valence-corrected chi connectivity index (χ3v) is 5.88. The monoisotopic (exact) mass is 259 g/mol. The third-order valence-electron chi connectivity index (χ3n) is 5.88. The lowest BCUT2D eigenvalue weighted by Crippen LogP contribution is -2.44. The van der Waals surface area contributed by atoms with Crippen LogP contribution in [0, 0.1) is 23.7 Å². The van der Waals surface area contributed by atoms with Gasteiger partial charge in [-0.1, -0.05) is 0 Å². The molecule has 4 aliphatic rings. The van der Waals surface area contributed by atoms with Gasteiger partial charge in [-0.25, -0.2) is 4.98 Å². The van der Waals surface area contributed by atoms with Gasteiger partial charge < -0.3 is 10.3 Å². The van der Waals surface area contributed by atoms with Gasteiger partial charge in [0.2, 0.25) is 0 Å². The third kappa shape index (κ3) is 1.94. The molecule has 0 aliphatic heterocycles. The van der Waals surface area contributed by atoms with Crippen LogP contribution in [0.25, 0.3) is 0 Å². The van der Waals surface area contributed by atoms with Crippen molar-refractivity contribution in [1.82, 2.24) is 9.55 Å². The van der Waals surface area contributed by atoms with E-state index in [-0.39, 0.29) is 0 Å². The number of hydrogen-bond acceptors (Lipinski definition) is 2. The largest absolute Gasteiger partial charge is 0.335 e. The quantitative estimate of drug-likeness (QED) is 0.903.